The molecule has 0 spiro atoms. The average molecular weight is 517 g/mol. The van der Waals surface area contributed by atoms with Gasteiger partial charge >= 0.3 is 0 Å². The number of hydrogen-bond acceptors (Lipinski definition) is 9. The SMILES string of the molecule is CS(=O)(=O)c1ccccc1Cn1c(=O)c(C#N)cc2cnc(Nc3ccc(C4CNCCO4)cc3)nc21. The van der Waals surface area contributed by atoms with Crippen LogP contribution in [0.2, 0.25) is 0 Å². The van der Waals surface area contributed by atoms with Gasteiger partial charge in [0, 0.05) is 36.6 Å². The summed E-state index contributed by atoms with van der Waals surface area (Å²) >= 11 is 0. The van der Waals surface area contributed by atoms with Crippen molar-refractivity contribution < 1.29 is 13.2 Å². The second-order valence-electron chi connectivity index (χ2n) is 8.72. The van der Waals surface area contributed by atoms with E-state index in [-0.39, 0.29) is 34.7 Å². The number of nitrogens with zero attached hydrogens (tertiary/aromatic N) is 4. The summed E-state index contributed by atoms with van der Waals surface area (Å²) in [4.78, 5) is 22.1. The molecule has 10 nitrogen and oxygen atoms in total. The van der Waals surface area contributed by atoms with Crippen LogP contribution in [-0.2, 0) is 21.1 Å². The number of aromatic nitrogens is 3. The molecule has 2 aromatic carbocycles. The Morgan fingerprint density at radius 2 is 2.00 bits per heavy atom. The summed E-state index contributed by atoms with van der Waals surface area (Å²) in [6.45, 7) is 2.19. The molecular weight excluding hydrogens is 492 g/mol. The van der Waals surface area contributed by atoms with Gasteiger partial charge in [-0.05, 0) is 35.4 Å². The zero-order valence-electron chi connectivity index (χ0n) is 20.0. The first-order chi connectivity index (χ1) is 17.8. The first kappa shape index (κ1) is 24.6. The molecule has 0 aliphatic carbocycles. The van der Waals surface area contributed by atoms with Crippen LogP contribution >= 0.6 is 0 Å². The van der Waals surface area contributed by atoms with Crippen molar-refractivity contribution in [3.05, 3.63) is 87.8 Å². The number of rotatable bonds is 6. The maximum Gasteiger partial charge on any atom is 0.270 e. The van der Waals surface area contributed by atoms with E-state index in [9.17, 15) is 18.5 Å². The van der Waals surface area contributed by atoms with Crippen molar-refractivity contribution >= 4 is 32.5 Å². The Bertz CT molecular complexity index is 1670. The molecule has 0 radical (unpaired) electrons. The zero-order chi connectivity index (χ0) is 26.0. The van der Waals surface area contributed by atoms with Gasteiger partial charge in [0.1, 0.15) is 17.3 Å². The molecule has 3 heterocycles. The number of morpholine rings is 1. The lowest BCUT2D eigenvalue weighted by molar-refractivity contribution is 0.0277. The summed E-state index contributed by atoms with van der Waals surface area (Å²) in [5, 5.41) is 16.4. The number of ether oxygens (including phenoxy) is 1. The van der Waals surface area contributed by atoms with E-state index in [0.29, 0.717) is 17.6 Å². The van der Waals surface area contributed by atoms with Gasteiger partial charge in [0.25, 0.3) is 5.56 Å². The molecule has 2 N–H and O–H groups in total. The Kier molecular flexibility index (Phi) is 6.71. The molecule has 0 amide bonds. The van der Waals surface area contributed by atoms with Crippen molar-refractivity contribution in [2.24, 2.45) is 0 Å². The molecule has 37 heavy (non-hydrogen) atoms. The van der Waals surface area contributed by atoms with E-state index < -0.39 is 15.4 Å². The second-order valence-corrected chi connectivity index (χ2v) is 10.7. The van der Waals surface area contributed by atoms with Gasteiger partial charge in [-0.25, -0.2) is 13.4 Å². The van der Waals surface area contributed by atoms with Crippen LogP contribution in [0.25, 0.3) is 11.0 Å². The summed E-state index contributed by atoms with van der Waals surface area (Å²) in [6.07, 6.45) is 2.64. The lowest BCUT2D eigenvalue weighted by atomic mass is 10.1. The maximum atomic E-state index is 13.1. The highest BCUT2D eigenvalue weighted by molar-refractivity contribution is 7.90. The molecule has 4 aromatic rings. The van der Waals surface area contributed by atoms with Crippen LogP contribution in [0, 0.1) is 11.3 Å². The summed E-state index contributed by atoms with van der Waals surface area (Å²) in [5.74, 6) is 0.255. The number of hydrogen-bond donors (Lipinski definition) is 2. The minimum atomic E-state index is -3.53. The van der Waals surface area contributed by atoms with Gasteiger partial charge in [-0.15, -0.1) is 0 Å². The Morgan fingerprint density at radius 3 is 2.70 bits per heavy atom. The smallest absolute Gasteiger partial charge is 0.270 e. The van der Waals surface area contributed by atoms with Gasteiger partial charge in [-0.3, -0.25) is 9.36 Å². The first-order valence-corrected chi connectivity index (χ1v) is 13.5. The third-order valence-corrected chi connectivity index (χ3v) is 7.31. The fraction of sp³-hybridized carbons (Fsp3) is 0.231. The Hall–Kier alpha value is -4.11. The van der Waals surface area contributed by atoms with Crippen LogP contribution in [0.15, 0.2) is 70.5 Å². The number of fused-ring (bicyclic) bond motifs is 1. The summed E-state index contributed by atoms with van der Waals surface area (Å²) in [7, 11) is -3.53. The number of anilines is 2. The normalized spacial score (nSPS) is 15.8. The molecule has 1 aliphatic rings. The van der Waals surface area contributed by atoms with Crippen LogP contribution in [-0.4, -0.2) is 48.9 Å². The monoisotopic (exact) mass is 516 g/mol. The van der Waals surface area contributed by atoms with Gasteiger partial charge in [-0.2, -0.15) is 10.2 Å². The van der Waals surface area contributed by atoms with Crippen molar-refractivity contribution in [2.45, 2.75) is 17.5 Å². The van der Waals surface area contributed by atoms with Gasteiger partial charge in [0.15, 0.2) is 9.84 Å². The van der Waals surface area contributed by atoms with E-state index in [2.05, 4.69) is 20.6 Å². The molecule has 11 heteroatoms. The van der Waals surface area contributed by atoms with Crippen molar-refractivity contribution in [2.75, 3.05) is 31.3 Å². The van der Waals surface area contributed by atoms with Crippen LogP contribution in [0.4, 0.5) is 11.6 Å². The minimum absolute atomic E-state index is 0.00158. The van der Waals surface area contributed by atoms with Crippen molar-refractivity contribution in [1.29, 1.82) is 5.26 Å². The van der Waals surface area contributed by atoms with Crippen LogP contribution < -0.4 is 16.2 Å². The summed E-state index contributed by atoms with van der Waals surface area (Å²) in [5.41, 5.74) is 1.86. The van der Waals surface area contributed by atoms with Gasteiger partial charge in [-0.1, -0.05) is 30.3 Å². The van der Waals surface area contributed by atoms with E-state index in [4.69, 9.17) is 4.74 Å². The van der Waals surface area contributed by atoms with E-state index in [1.165, 1.54) is 22.9 Å². The Morgan fingerprint density at radius 1 is 1.22 bits per heavy atom. The highest BCUT2D eigenvalue weighted by Gasteiger charge is 2.18. The van der Waals surface area contributed by atoms with Crippen molar-refractivity contribution in [3.8, 4) is 6.07 Å². The number of nitrogens with one attached hydrogen (secondary N) is 2. The number of benzene rings is 2. The number of sulfone groups is 1. The fourth-order valence-electron chi connectivity index (χ4n) is 4.30. The standard InChI is InChI=1S/C26H24N6O4S/c1-37(34,35)23-5-3-2-4-18(23)16-32-24-20(12-19(13-27)25(32)33)14-29-26(31-24)30-21-8-6-17(7-9-21)22-15-28-10-11-36-22/h2-9,12,14,22,28H,10-11,15-16H2,1H3,(H,29,30,31). The molecule has 2 aromatic heterocycles. The predicted molar refractivity (Wildman–Crippen MR) is 138 cm³/mol. The molecule has 1 fully saturated rings. The molecule has 1 aliphatic heterocycles. The Balaban J connectivity index is 1.51. The third-order valence-electron chi connectivity index (χ3n) is 6.11. The molecular formula is C26H24N6O4S. The van der Waals surface area contributed by atoms with Crippen molar-refractivity contribution in [1.82, 2.24) is 19.9 Å². The van der Waals surface area contributed by atoms with Gasteiger partial charge < -0.3 is 15.4 Å². The first-order valence-electron chi connectivity index (χ1n) is 11.6. The minimum Gasteiger partial charge on any atom is -0.371 e. The van der Waals surface area contributed by atoms with Gasteiger partial charge in [0.05, 0.1) is 24.2 Å². The van der Waals surface area contributed by atoms with Crippen LogP contribution in [0.1, 0.15) is 22.8 Å². The molecule has 5 rings (SSSR count). The topological polar surface area (TPSA) is 139 Å². The molecule has 1 atom stereocenters. The number of nitriles is 1. The second kappa shape index (κ2) is 10.1. The Labute approximate surface area is 213 Å². The zero-order valence-corrected chi connectivity index (χ0v) is 20.8. The van der Waals surface area contributed by atoms with Crippen LogP contribution in [0.3, 0.4) is 0 Å². The van der Waals surface area contributed by atoms with E-state index in [1.54, 1.807) is 18.2 Å². The average Bonchev–Trinajstić information content (AvgIpc) is 2.91. The summed E-state index contributed by atoms with van der Waals surface area (Å²) < 4.78 is 31.7. The highest BCUT2D eigenvalue weighted by Crippen LogP contribution is 2.23. The fourth-order valence-corrected chi connectivity index (χ4v) is 5.24. The van der Waals surface area contributed by atoms with Crippen LogP contribution in [0.5, 0.6) is 0 Å². The molecule has 188 valence electrons. The lowest BCUT2D eigenvalue weighted by Crippen LogP contribution is -2.33. The predicted octanol–water partition coefficient (Wildman–Crippen LogP) is 2.52. The quantitative estimate of drug-likeness (QED) is 0.396. The largest absolute Gasteiger partial charge is 0.371 e. The van der Waals surface area contributed by atoms with E-state index >= 15 is 0 Å². The van der Waals surface area contributed by atoms with Crippen molar-refractivity contribution in [3.63, 3.8) is 0 Å². The number of pyridine rings is 1. The third kappa shape index (κ3) is 5.22. The van der Waals surface area contributed by atoms with Gasteiger partial charge in [0.2, 0.25) is 5.95 Å². The van der Waals surface area contributed by atoms with E-state index in [1.807, 2.05) is 30.3 Å². The summed E-state index contributed by atoms with van der Waals surface area (Å²) in [6, 6.07) is 17.5. The lowest BCUT2D eigenvalue weighted by Gasteiger charge is -2.24. The maximum absolute atomic E-state index is 13.1. The molecule has 1 unspecified atom stereocenters. The molecule has 1 saturated heterocycles. The molecule has 0 bridgehead atoms. The molecule has 0 saturated carbocycles. The highest BCUT2D eigenvalue weighted by atomic mass is 32.2. The van der Waals surface area contributed by atoms with E-state index in [0.717, 1.165) is 30.6 Å².